The Morgan fingerprint density at radius 1 is 1.33 bits per heavy atom. The Morgan fingerprint density at radius 2 is 2.11 bits per heavy atom. The number of nitrogens with one attached hydrogen (secondary N) is 1. The van der Waals surface area contributed by atoms with Crippen LogP contribution >= 0.6 is 11.6 Å². The standard InChI is InChI=1S/C12H13ClN4O/c13-8-1-3-9(4-2-8)17-11(7-14-16-17)10-5-6-12(18)15-10/h1-4,10-11H,5-7H2,(H,15,18). The lowest BCUT2D eigenvalue weighted by Gasteiger charge is -2.26. The zero-order valence-corrected chi connectivity index (χ0v) is 10.5. The van der Waals surface area contributed by atoms with Crippen LogP contribution in [0.25, 0.3) is 0 Å². The van der Waals surface area contributed by atoms with Gasteiger partial charge in [-0.15, -0.1) is 0 Å². The summed E-state index contributed by atoms with van der Waals surface area (Å²) < 4.78 is 0. The average Bonchev–Trinajstić information content (AvgIpc) is 2.98. The van der Waals surface area contributed by atoms with Gasteiger partial charge in [-0.1, -0.05) is 16.8 Å². The van der Waals surface area contributed by atoms with E-state index in [1.54, 1.807) is 0 Å². The molecule has 6 heteroatoms. The van der Waals surface area contributed by atoms with Crippen molar-refractivity contribution in [1.29, 1.82) is 0 Å². The van der Waals surface area contributed by atoms with E-state index in [-0.39, 0.29) is 18.0 Å². The first-order chi connectivity index (χ1) is 8.74. The van der Waals surface area contributed by atoms with Crippen molar-refractivity contribution >= 4 is 23.2 Å². The number of rotatable bonds is 2. The summed E-state index contributed by atoms with van der Waals surface area (Å²) in [5, 5.41) is 13.8. The second kappa shape index (κ2) is 4.57. The second-order valence-corrected chi connectivity index (χ2v) is 4.95. The van der Waals surface area contributed by atoms with E-state index in [0.29, 0.717) is 18.0 Å². The van der Waals surface area contributed by atoms with Crippen LogP contribution in [-0.2, 0) is 4.79 Å². The van der Waals surface area contributed by atoms with Crippen LogP contribution < -0.4 is 10.3 Å². The number of anilines is 1. The Hall–Kier alpha value is -1.62. The topological polar surface area (TPSA) is 57.1 Å². The van der Waals surface area contributed by atoms with E-state index >= 15 is 0 Å². The Kier molecular flexibility index (Phi) is 2.91. The fourth-order valence-corrected chi connectivity index (χ4v) is 2.52. The zero-order valence-electron chi connectivity index (χ0n) is 9.71. The smallest absolute Gasteiger partial charge is 0.220 e. The van der Waals surface area contributed by atoms with Gasteiger partial charge in [-0.3, -0.25) is 4.79 Å². The predicted octanol–water partition coefficient (Wildman–Crippen LogP) is 2.17. The molecule has 0 radical (unpaired) electrons. The highest BCUT2D eigenvalue weighted by Gasteiger charge is 2.35. The van der Waals surface area contributed by atoms with Gasteiger partial charge in [-0.05, 0) is 30.7 Å². The van der Waals surface area contributed by atoms with Crippen molar-refractivity contribution in [3.63, 3.8) is 0 Å². The molecular formula is C12H13ClN4O. The van der Waals surface area contributed by atoms with Gasteiger partial charge < -0.3 is 5.32 Å². The van der Waals surface area contributed by atoms with E-state index in [0.717, 1.165) is 12.1 Å². The maximum Gasteiger partial charge on any atom is 0.220 e. The van der Waals surface area contributed by atoms with Gasteiger partial charge in [0.2, 0.25) is 5.91 Å². The van der Waals surface area contributed by atoms with Crippen molar-refractivity contribution in [1.82, 2.24) is 5.32 Å². The van der Waals surface area contributed by atoms with Gasteiger partial charge in [0, 0.05) is 11.4 Å². The van der Waals surface area contributed by atoms with Crippen molar-refractivity contribution < 1.29 is 4.79 Å². The molecule has 94 valence electrons. The Labute approximate surface area is 110 Å². The summed E-state index contributed by atoms with van der Waals surface area (Å²) in [5.74, 6) is 0.114. The van der Waals surface area contributed by atoms with Gasteiger partial charge in [0.25, 0.3) is 0 Å². The lowest BCUT2D eigenvalue weighted by atomic mass is 10.1. The molecule has 1 fully saturated rings. The minimum Gasteiger partial charge on any atom is -0.351 e. The molecule has 0 aromatic heterocycles. The van der Waals surface area contributed by atoms with E-state index in [2.05, 4.69) is 15.7 Å². The molecule has 2 atom stereocenters. The normalized spacial score (nSPS) is 26.7. The first-order valence-corrected chi connectivity index (χ1v) is 6.33. The van der Waals surface area contributed by atoms with E-state index in [4.69, 9.17) is 11.6 Å². The average molecular weight is 265 g/mol. The first kappa shape index (κ1) is 11.5. The van der Waals surface area contributed by atoms with Crippen molar-refractivity contribution in [3.8, 4) is 0 Å². The summed E-state index contributed by atoms with van der Waals surface area (Å²) in [4.78, 5) is 11.3. The van der Waals surface area contributed by atoms with Crippen LogP contribution in [0.15, 0.2) is 34.6 Å². The third-order valence-corrected chi connectivity index (χ3v) is 3.58. The van der Waals surface area contributed by atoms with E-state index in [9.17, 15) is 4.79 Å². The third kappa shape index (κ3) is 2.06. The van der Waals surface area contributed by atoms with Crippen LogP contribution in [0.4, 0.5) is 5.69 Å². The van der Waals surface area contributed by atoms with Crippen molar-refractivity contribution in [3.05, 3.63) is 29.3 Å². The molecule has 2 heterocycles. The number of nitrogens with zero attached hydrogens (tertiary/aromatic N) is 3. The Morgan fingerprint density at radius 3 is 2.78 bits per heavy atom. The largest absolute Gasteiger partial charge is 0.351 e. The van der Waals surface area contributed by atoms with Crippen molar-refractivity contribution in [2.75, 3.05) is 11.6 Å². The highest BCUT2D eigenvalue weighted by Crippen LogP contribution is 2.27. The van der Waals surface area contributed by atoms with Crippen molar-refractivity contribution in [2.45, 2.75) is 24.9 Å². The van der Waals surface area contributed by atoms with Gasteiger partial charge in [0.1, 0.15) is 0 Å². The number of carbonyl (C=O) groups excluding carboxylic acids is 1. The lowest BCUT2D eigenvalue weighted by Crippen LogP contribution is -2.45. The molecule has 2 unspecified atom stereocenters. The monoisotopic (exact) mass is 264 g/mol. The number of carbonyl (C=O) groups is 1. The fourth-order valence-electron chi connectivity index (χ4n) is 2.39. The number of hydrogen-bond donors (Lipinski definition) is 1. The van der Waals surface area contributed by atoms with Crippen LogP contribution in [0.3, 0.4) is 0 Å². The molecular weight excluding hydrogens is 252 g/mol. The molecule has 0 spiro atoms. The van der Waals surface area contributed by atoms with E-state index in [1.807, 2.05) is 29.3 Å². The molecule has 2 aliphatic heterocycles. The summed E-state index contributed by atoms with van der Waals surface area (Å²) in [5.41, 5.74) is 0.951. The van der Waals surface area contributed by atoms with Crippen LogP contribution in [-0.4, -0.2) is 24.5 Å². The van der Waals surface area contributed by atoms with Crippen LogP contribution in [0.2, 0.25) is 5.02 Å². The van der Waals surface area contributed by atoms with E-state index in [1.165, 1.54) is 0 Å². The van der Waals surface area contributed by atoms with Crippen LogP contribution in [0, 0.1) is 0 Å². The summed E-state index contributed by atoms with van der Waals surface area (Å²) in [7, 11) is 0. The maximum atomic E-state index is 11.3. The highest BCUT2D eigenvalue weighted by atomic mass is 35.5. The zero-order chi connectivity index (χ0) is 12.5. The minimum atomic E-state index is 0.109. The fraction of sp³-hybridized carbons (Fsp3) is 0.417. The minimum absolute atomic E-state index is 0.109. The molecule has 2 aliphatic rings. The quantitative estimate of drug-likeness (QED) is 0.890. The van der Waals surface area contributed by atoms with Gasteiger partial charge in [0.15, 0.2) is 0 Å². The SMILES string of the molecule is O=C1CCC(C2CN=NN2c2ccc(Cl)cc2)N1. The van der Waals surface area contributed by atoms with Crippen LogP contribution in [0.5, 0.6) is 0 Å². The van der Waals surface area contributed by atoms with Gasteiger partial charge in [0.05, 0.1) is 24.3 Å². The molecule has 1 N–H and O–H groups in total. The molecule has 0 saturated carbocycles. The van der Waals surface area contributed by atoms with Gasteiger partial charge >= 0.3 is 0 Å². The number of halogens is 1. The molecule has 3 rings (SSSR count). The first-order valence-electron chi connectivity index (χ1n) is 5.95. The molecule has 1 saturated heterocycles. The highest BCUT2D eigenvalue weighted by molar-refractivity contribution is 6.30. The Bertz CT molecular complexity index is 487. The number of benzene rings is 1. The molecule has 1 aromatic rings. The maximum absolute atomic E-state index is 11.3. The predicted molar refractivity (Wildman–Crippen MR) is 68.6 cm³/mol. The summed E-state index contributed by atoms with van der Waals surface area (Å²) >= 11 is 5.87. The molecule has 18 heavy (non-hydrogen) atoms. The lowest BCUT2D eigenvalue weighted by molar-refractivity contribution is -0.119. The van der Waals surface area contributed by atoms with Crippen LogP contribution in [0.1, 0.15) is 12.8 Å². The molecule has 5 nitrogen and oxygen atoms in total. The van der Waals surface area contributed by atoms with E-state index < -0.39 is 0 Å². The number of amides is 1. The summed E-state index contributed by atoms with van der Waals surface area (Å²) in [6.07, 6.45) is 1.44. The molecule has 1 aromatic carbocycles. The summed E-state index contributed by atoms with van der Waals surface area (Å²) in [6.45, 7) is 0.619. The molecule has 0 aliphatic carbocycles. The van der Waals surface area contributed by atoms with Crippen molar-refractivity contribution in [2.24, 2.45) is 10.3 Å². The second-order valence-electron chi connectivity index (χ2n) is 4.51. The summed E-state index contributed by atoms with van der Waals surface area (Å²) in [6, 6.07) is 7.72. The Balaban J connectivity index is 1.80. The molecule has 0 bridgehead atoms. The molecule has 1 amide bonds. The number of hydrogen-bond acceptors (Lipinski definition) is 4. The third-order valence-electron chi connectivity index (χ3n) is 3.33. The van der Waals surface area contributed by atoms with Gasteiger partial charge in [-0.25, -0.2) is 5.01 Å². The van der Waals surface area contributed by atoms with Gasteiger partial charge in [-0.2, -0.15) is 5.11 Å².